The zero-order valence-electron chi connectivity index (χ0n) is 11.2. The quantitative estimate of drug-likeness (QED) is 0.922. The second-order valence-electron chi connectivity index (χ2n) is 4.57. The average Bonchev–Trinajstić information content (AvgIpc) is 2.40. The molecule has 0 aromatic heterocycles. The summed E-state index contributed by atoms with van der Waals surface area (Å²) in [6, 6.07) is 14.0. The summed E-state index contributed by atoms with van der Waals surface area (Å²) in [6.07, 6.45) is 0. The van der Waals surface area contributed by atoms with Crippen LogP contribution in [-0.4, -0.2) is 13.7 Å². The smallest absolute Gasteiger partial charge is 0.121 e. The van der Waals surface area contributed by atoms with Crippen molar-refractivity contribution >= 4 is 11.6 Å². The van der Waals surface area contributed by atoms with E-state index in [1.807, 2.05) is 31.2 Å². The van der Waals surface area contributed by atoms with Gasteiger partial charge in [-0.1, -0.05) is 35.9 Å². The van der Waals surface area contributed by atoms with Crippen molar-refractivity contribution in [1.29, 1.82) is 0 Å². The van der Waals surface area contributed by atoms with E-state index in [0.29, 0.717) is 6.54 Å². The highest BCUT2D eigenvalue weighted by Crippen LogP contribution is 2.29. The number of rotatable bonds is 4. The Kier molecular flexibility index (Phi) is 4.46. The van der Waals surface area contributed by atoms with Crippen LogP contribution in [0, 0.1) is 6.92 Å². The summed E-state index contributed by atoms with van der Waals surface area (Å²) >= 11 is 6.05. The van der Waals surface area contributed by atoms with Crippen LogP contribution in [0.4, 0.5) is 0 Å². The molecule has 19 heavy (non-hydrogen) atoms. The number of ether oxygens (including phenoxy) is 1. The van der Waals surface area contributed by atoms with Crippen molar-refractivity contribution in [2.24, 2.45) is 5.73 Å². The van der Waals surface area contributed by atoms with Crippen molar-refractivity contribution in [3.63, 3.8) is 0 Å². The van der Waals surface area contributed by atoms with Gasteiger partial charge in [-0.25, -0.2) is 0 Å². The maximum Gasteiger partial charge on any atom is 0.121 e. The topological polar surface area (TPSA) is 35.2 Å². The number of aryl methyl sites for hydroxylation is 1. The minimum Gasteiger partial charge on any atom is -0.496 e. The lowest BCUT2D eigenvalue weighted by Gasteiger charge is -2.17. The molecule has 2 aromatic rings. The molecule has 0 amide bonds. The van der Waals surface area contributed by atoms with Crippen molar-refractivity contribution in [2.45, 2.75) is 12.8 Å². The normalized spacial score (nSPS) is 12.2. The predicted octanol–water partition coefficient (Wildman–Crippen LogP) is 3.75. The molecule has 0 bridgehead atoms. The summed E-state index contributed by atoms with van der Waals surface area (Å²) in [6.45, 7) is 2.58. The molecule has 0 aliphatic rings. The molecule has 2 rings (SSSR count). The number of benzene rings is 2. The molecule has 2 N–H and O–H groups in total. The first-order valence-corrected chi connectivity index (χ1v) is 6.63. The van der Waals surface area contributed by atoms with Crippen LogP contribution >= 0.6 is 11.6 Å². The van der Waals surface area contributed by atoms with Crippen LogP contribution in [0.1, 0.15) is 22.6 Å². The van der Waals surface area contributed by atoms with Crippen LogP contribution in [0.5, 0.6) is 5.75 Å². The lowest BCUT2D eigenvalue weighted by atomic mass is 9.90. The molecular weight excluding hydrogens is 258 g/mol. The summed E-state index contributed by atoms with van der Waals surface area (Å²) < 4.78 is 5.29. The second-order valence-corrected chi connectivity index (χ2v) is 5.01. The van der Waals surface area contributed by atoms with Crippen LogP contribution in [0.2, 0.25) is 5.02 Å². The largest absolute Gasteiger partial charge is 0.496 e. The van der Waals surface area contributed by atoms with Gasteiger partial charge < -0.3 is 10.5 Å². The van der Waals surface area contributed by atoms with Crippen LogP contribution in [0.15, 0.2) is 42.5 Å². The minimum atomic E-state index is 0.156. The van der Waals surface area contributed by atoms with Crippen molar-refractivity contribution in [3.8, 4) is 5.75 Å². The number of hydrogen-bond donors (Lipinski definition) is 1. The number of methoxy groups -OCH3 is 1. The SMILES string of the molecule is COc1ccc(C(CN)c2cccc(Cl)c2)cc1C. The zero-order valence-corrected chi connectivity index (χ0v) is 11.9. The molecule has 2 nitrogen and oxygen atoms in total. The Morgan fingerprint density at radius 3 is 2.47 bits per heavy atom. The molecule has 0 radical (unpaired) electrons. The fourth-order valence-electron chi connectivity index (χ4n) is 2.31. The third-order valence-corrected chi connectivity index (χ3v) is 3.54. The van der Waals surface area contributed by atoms with Gasteiger partial charge in [0.1, 0.15) is 5.75 Å². The van der Waals surface area contributed by atoms with Gasteiger partial charge >= 0.3 is 0 Å². The Morgan fingerprint density at radius 1 is 1.16 bits per heavy atom. The highest BCUT2D eigenvalue weighted by atomic mass is 35.5. The van der Waals surface area contributed by atoms with Crippen LogP contribution in [0.3, 0.4) is 0 Å². The summed E-state index contributed by atoms with van der Waals surface area (Å²) in [7, 11) is 1.68. The van der Waals surface area contributed by atoms with E-state index < -0.39 is 0 Å². The summed E-state index contributed by atoms with van der Waals surface area (Å²) in [5, 5.41) is 0.737. The summed E-state index contributed by atoms with van der Waals surface area (Å²) in [5.41, 5.74) is 9.37. The Hall–Kier alpha value is -1.51. The third-order valence-electron chi connectivity index (χ3n) is 3.31. The monoisotopic (exact) mass is 275 g/mol. The van der Waals surface area contributed by atoms with Crippen LogP contribution in [-0.2, 0) is 0 Å². The summed E-state index contributed by atoms with van der Waals surface area (Å²) in [5.74, 6) is 1.05. The van der Waals surface area contributed by atoms with Gasteiger partial charge in [-0.3, -0.25) is 0 Å². The molecule has 100 valence electrons. The van der Waals surface area contributed by atoms with E-state index in [0.717, 1.165) is 21.9 Å². The van der Waals surface area contributed by atoms with Gasteiger partial charge in [0, 0.05) is 17.5 Å². The molecule has 3 heteroatoms. The third kappa shape index (κ3) is 3.09. The fraction of sp³-hybridized carbons (Fsp3) is 0.250. The van der Waals surface area contributed by atoms with Gasteiger partial charge in [-0.2, -0.15) is 0 Å². The van der Waals surface area contributed by atoms with Crippen LogP contribution in [0.25, 0.3) is 0 Å². The number of halogens is 1. The van der Waals surface area contributed by atoms with E-state index in [1.165, 1.54) is 5.56 Å². The van der Waals surface area contributed by atoms with Crippen molar-refractivity contribution in [3.05, 3.63) is 64.2 Å². The molecule has 0 aliphatic carbocycles. The fourth-order valence-corrected chi connectivity index (χ4v) is 2.51. The first kappa shape index (κ1) is 13.9. The minimum absolute atomic E-state index is 0.156. The van der Waals surface area contributed by atoms with Gasteiger partial charge in [0.25, 0.3) is 0 Å². The first-order valence-electron chi connectivity index (χ1n) is 6.25. The molecule has 0 heterocycles. The van der Waals surface area contributed by atoms with Gasteiger partial charge in [-0.05, 0) is 41.8 Å². The van der Waals surface area contributed by atoms with Crippen molar-refractivity contribution in [1.82, 2.24) is 0 Å². The average molecular weight is 276 g/mol. The molecule has 1 unspecified atom stereocenters. The maximum absolute atomic E-state index is 6.05. The Morgan fingerprint density at radius 2 is 1.89 bits per heavy atom. The second kappa shape index (κ2) is 6.09. The predicted molar refractivity (Wildman–Crippen MR) is 80.1 cm³/mol. The number of hydrogen-bond acceptors (Lipinski definition) is 2. The van der Waals surface area contributed by atoms with Gasteiger partial charge in [0.15, 0.2) is 0 Å². The standard InChI is InChI=1S/C16H18ClNO/c1-11-8-13(6-7-16(11)19-2)15(10-18)12-4-3-5-14(17)9-12/h3-9,15H,10,18H2,1-2H3. The lowest BCUT2D eigenvalue weighted by Crippen LogP contribution is -2.14. The van der Waals surface area contributed by atoms with Crippen molar-refractivity contribution in [2.75, 3.05) is 13.7 Å². The number of nitrogens with two attached hydrogens (primary N) is 1. The van der Waals surface area contributed by atoms with E-state index in [2.05, 4.69) is 18.2 Å². The molecule has 0 aliphatic heterocycles. The lowest BCUT2D eigenvalue weighted by molar-refractivity contribution is 0.411. The highest BCUT2D eigenvalue weighted by Gasteiger charge is 2.14. The Bertz CT molecular complexity index is 568. The van der Waals surface area contributed by atoms with E-state index >= 15 is 0 Å². The van der Waals surface area contributed by atoms with Gasteiger partial charge in [0.2, 0.25) is 0 Å². The molecule has 0 spiro atoms. The molecular formula is C16H18ClNO. The Balaban J connectivity index is 2.39. The molecule has 1 atom stereocenters. The Labute approximate surface area is 119 Å². The highest BCUT2D eigenvalue weighted by molar-refractivity contribution is 6.30. The van der Waals surface area contributed by atoms with E-state index in [4.69, 9.17) is 22.1 Å². The van der Waals surface area contributed by atoms with E-state index in [-0.39, 0.29) is 5.92 Å². The van der Waals surface area contributed by atoms with Crippen molar-refractivity contribution < 1.29 is 4.74 Å². The summed E-state index contributed by atoms with van der Waals surface area (Å²) in [4.78, 5) is 0. The van der Waals surface area contributed by atoms with E-state index in [9.17, 15) is 0 Å². The van der Waals surface area contributed by atoms with E-state index in [1.54, 1.807) is 7.11 Å². The maximum atomic E-state index is 6.05. The molecule has 0 fully saturated rings. The molecule has 0 saturated heterocycles. The first-order chi connectivity index (χ1) is 9.15. The molecule has 2 aromatic carbocycles. The van der Waals surface area contributed by atoms with Gasteiger partial charge in [-0.15, -0.1) is 0 Å². The molecule has 0 saturated carbocycles. The zero-order chi connectivity index (χ0) is 13.8. The van der Waals surface area contributed by atoms with Gasteiger partial charge in [0.05, 0.1) is 7.11 Å². The van der Waals surface area contributed by atoms with Crippen LogP contribution < -0.4 is 10.5 Å².